The second kappa shape index (κ2) is 7.91. The molecule has 21 heavy (non-hydrogen) atoms. The lowest BCUT2D eigenvalue weighted by Gasteiger charge is -2.44. The molecule has 0 aromatic heterocycles. The van der Waals surface area contributed by atoms with Gasteiger partial charge in [-0.05, 0) is 44.6 Å². The highest BCUT2D eigenvalue weighted by molar-refractivity contribution is 4.89. The van der Waals surface area contributed by atoms with Crippen LogP contribution in [0.1, 0.15) is 40.5 Å². The van der Waals surface area contributed by atoms with E-state index < -0.39 is 0 Å². The van der Waals surface area contributed by atoms with E-state index in [2.05, 4.69) is 37.9 Å². The van der Waals surface area contributed by atoms with Gasteiger partial charge in [0.05, 0.1) is 12.2 Å². The largest absolute Gasteiger partial charge is 0.381 e. The highest BCUT2D eigenvalue weighted by Gasteiger charge is 2.36. The molecule has 0 unspecified atom stereocenters. The van der Waals surface area contributed by atoms with Crippen molar-refractivity contribution in [3.8, 4) is 0 Å². The number of hydrogen-bond acceptors (Lipinski definition) is 4. The van der Waals surface area contributed by atoms with E-state index in [-0.39, 0.29) is 0 Å². The molecule has 2 aliphatic rings. The molecule has 2 fully saturated rings. The van der Waals surface area contributed by atoms with E-state index in [0.29, 0.717) is 23.5 Å². The smallest absolute Gasteiger partial charge is 0.0678 e. The van der Waals surface area contributed by atoms with Crippen molar-refractivity contribution in [2.75, 3.05) is 45.9 Å². The first-order valence-electron chi connectivity index (χ1n) is 8.65. The Kier molecular flexibility index (Phi) is 6.48. The third-order valence-electron chi connectivity index (χ3n) is 4.66. The number of morpholine rings is 1. The lowest BCUT2D eigenvalue weighted by Crippen LogP contribution is -2.53. The van der Waals surface area contributed by atoms with E-state index in [1.807, 2.05) is 0 Å². The minimum absolute atomic E-state index is 0.356. The maximum absolute atomic E-state index is 5.87. The van der Waals surface area contributed by atoms with Crippen molar-refractivity contribution in [1.29, 1.82) is 0 Å². The highest BCUT2D eigenvalue weighted by Crippen LogP contribution is 2.32. The average molecular weight is 298 g/mol. The molecule has 0 aliphatic carbocycles. The number of nitrogens with one attached hydrogen (secondary N) is 1. The summed E-state index contributed by atoms with van der Waals surface area (Å²) < 4.78 is 11.5. The molecule has 0 aromatic carbocycles. The molecule has 0 saturated carbocycles. The fourth-order valence-corrected chi connectivity index (χ4v) is 3.71. The normalized spacial score (nSPS) is 30.7. The summed E-state index contributed by atoms with van der Waals surface area (Å²) in [6, 6.07) is 0. The zero-order valence-electron chi connectivity index (χ0n) is 14.4. The molecule has 2 aliphatic heterocycles. The van der Waals surface area contributed by atoms with E-state index in [1.165, 1.54) is 19.4 Å². The number of ether oxygens (including phenoxy) is 2. The molecule has 0 amide bonds. The van der Waals surface area contributed by atoms with Crippen molar-refractivity contribution >= 4 is 0 Å². The second-order valence-electron chi connectivity index (χ2n) is 7.59. The van der Waals surface area contributed by atoms with Crippen LogP contribution >= 0.6 is 0 Å². The van der Waals surface area contributed by atoms with Crippen LogP contribution in [0.5, 0.6) is 0 Å². The Morgan fingerprint density at radius 2 is 1.76 bits per heavy atom. The summed E-state index contributed by atoms with van der Waals surface area (Å²) in [6.45, 7) is 16.3. The lowest BCUT2D eigenvalue weighted by molar-refractivity contribution is -0.0876. The summed E-state index contributed by atoms with van der Waals surface area (Å²) in [6.07, 6.45) is 3.07. The van der Waals surface area contributed by atoms with E-state index >= 15 is 0 Å². The SMILES string of the molecule is CC(C)CNCC1(CN2C[C@@H](C)O[C@@H](C)C2)CCOCC1. The van der Waals surface area contributed by atoms with Gasteiger partial charge in [-0.2, -0.15) is 0 Å². The van der Waals surface area contributed by atoms with Gasteiger partial charge in [-0.1, -0.05) is 13.8 Å². The summed E-state index contributed by atoms with van der Waals surface area (Å²) >= 11 is 0. The maximum Gasteiger partial charge on any atom is 0.0678 e. The van der Waals surface area contributed by atoms with Crippen LogP contribution in [0.3, 0.4) is 0 Å². The van der Waals surface area contributed by atoms with Crippen molar-refractivity contribution in [3.63, 3.8) is 0 Å². The van der Waals surface area contributed by atoms with Gasteiger partial charge in [0.2, 0.25) is 0 Å². The molecule has 4 heteroatoms. The Hall–Kier alpha value is -0.160. The zero-order valence-corrected chi connectivity index (χ0v) is 14.4. The van der Waals surface area contributed by atoms with Crippen LogP contribution in [0, 0.1) is 11.3 Å². The van der Waals surface area contributed by atoms with Gasteiger partial charge in [-0.3, -0.25) is 4.90 Å². The molecule has 0 radical (unpaired) electrons. The van der Waals surface area contributed by atoms with Gasteiger partial charge in [0.25, 0.3) is 0 Å². The molecular weight excluding hydrogens is 264 g/mol. The van der Waals surface area contributed by atoms with Crippen LogP contribution in [0.2, 0.25) is 0 Å². The molecule has 124 valence electrons. The average Bonchev–Trinajstić information content (AvgIpc) is 2.37. The van der Waals surface area contributed by atoms with Crippen molar-refractivity contribution in [2.45, 2.75) is 52.7 Å². The Morgan fingerprint density at radius 1 is 1.14 bits per heavy atom. The van der Waals surface area contributed by atoms with Gasteiger partial charge < -0.3 is 14.8 Å². The standard InChI is InChI=1S/C17H34N2O2/c1-14(2)9-18-12-17(5-7-20-8-6-17)13-19-10-15(3)21-16(4)11-19/h14-16,18H,5-13H2,1-4H3/t15-,16+. The Morgan fingerprint density at radius 3 is 2.33 bits per heavy atom. The van der Waals surface area contributed by atoms with Gasteiger partial charge in [0.1, 0.15) is 0 Å². The molecule has 4 nitrogen and oxygen atoms in total. The molecule has 0 bridgehead atoms. The summed E-state index contributed by atoms with van der Waals surface area (Å²) in [5.74, 6) is 0.713. The first kappa shape index (κ1) is 17.2. The number of rotatable bonds is 6. The quantitative estimate of drug-likeness (QED) is 0.814. The van der Waals surface area contributed by atoms with Crippen molar-refractivity contribution < 1.29 is 9.47 Å². The second-order valence-corrected chi connectivity index (χ2v) is 7.59. The van der Waals surface area contributed by atoms with Crippen LogP contribution in [0.25, 0.3) is 0 Å². The van der Waals surface area contributed by atoms with Crippen molar-refractivity contribution in [3.05, 3.63) is 0 Å². The molecule has 2 heterocycles. The maximum atomic E-state index is 5.87. The predicted octanol–water partition coefficient (Wildman–Crippen LogP) is 2.14. The minimum Gasteiger partial charge on any atom is -0.381 e. The molecule has 2 saturated heterocycles. The lowest BCUT2D eigenvalue weighted by atomic mass is 9.79. The fourth-order valence-electron chi connectivity index (χ4n) is 3.71. The first-order valence-corrected chi connectivity index (χ1v) is 8.65. The van der Waals surface area contributed by atoms with Crippen LogP contribution in [0.4, 0.5) is 0 Å². The molecule has 2 rings (SSSR count). The summed E-state index contributed by atoms with van der Waals surface area (Å²) in [4.78, 5) is 2.61. The van der Waals surface area contributed by atoms with Gasteiger partial charge in [0.15, 0.2) is 0 Å². The third-order valence-corrected chi connectivity index (χ3v) is 4.66. The zero-order chi connectivity index (χ0) is 15.3. The highest BCUT2D eigenvalue weighted by atomic mass is 16.5. The first-order chi connectivity index (χ1) is 9.99. The van der Waals surface area contributed by atoms with E-state index in [1.54, 1.807) is 0 Å². The van der Waals surface area contributed by atoms with E-state index in [9.17, 15) is 0 Å². The van der Waals surface area contributed by atoms with Gasteiger partial charge >= 0.3 is 0 Å². The van der Waals surface area contributed by atoms with E-state index in [4.69, 9.17) is 9.47 Å². The Bertz CT molecular complexity index is 293. The molecular formula is C17H34N2O2. The minimum atomic E-state index is 0.356. The van der Waals surface area contributed by atoms with E-state index in [0.717, 1.165) is 39.4 Å². The molecule has 0 spiro atoms. The molecule has 1 N–H and O–H groups in total. The summed E-state index contributed by atoms with van der Waals surface area (Å²) in [7, 11) is 0. The Balaban J connectivity index is 1.91. The predicted molar refractivity (Wildman–Crippen MR) is 86.6 cm³/mol. The van der Waals surface area contributed by atoms with Crippen LogP contribution < -0.4 is 5.32 Å². The number of nitrogens with zero attached hydrogens (tertiary/aromatic N) is 1. The third kappa shape index (κ3) is 5.51. The Labute approximate surface area is 130 Å². The summed E-state index contributed by atoms with van der Waals surface area (Å²) in [5.41, 5.74) is 0.379. The van der Waals surface area contributed by atoms with Crippen LogP contribution in [0.15, 0.2) is 0 Å². The van der Waals surface area contributed by atoms with Gasteiger partial charge in [-0.15, -0.1) is 0 Å². The fraction of sp³-hybridized carbons (Fsp3) is 1.00. The van der Waals surface area contributed by atoms with Crippen molar-refractivity contribution in [1.82, 2.24) is 10.2 Å². The topological polar surface area (TPSA) is 33.7 Å². The van der Waals surface area contributed by atoms with Gasteiger partial charge in [-0.25, -0.2) is 0 Å². The van der Waals surface area contributed by atoms with Gasteiger partial charge in [0, 0.05) is 39.4 Å². The summed E-state index contributed by atoms with van der Waals surface area (Å²) in [5, 5.41) is 3.69. The number of hydrogen-bond donors (Lipinski definition) is 1. The van der Waals surface area contributed by atoms with Crippen LogP contribution in [-0.4, -0.2) is 63.0 Å². The molecule has 2 atom stereocenters. The van der Waals surface area contributed by atoms with Crippen LogP contribution in [-0.2, 0) is 9.47 Å². The molecule has 0 aromatic rings. The monoisotopic (exact) mass is 298 g/mol. The van der Waals surface area contributed by atoms with Crippen molar-refractivity contribution in [2.24, 2.45) is 11.3 Å².